The van der Waals surface area contributed by atoms with Gasteiger partial charge >= 0.3 is 5.97 Å². The van der Waals surface area contributed by atoms with Crippen molar-refractivity contribution < 1.29 is 9.53 Å². The van der Waals surface area contributed by atoms with Crippen LogP contribution in [0.25, 0.3) is 0 Å². The molecule has 0 aromatic carbocycles. The van der Waals surface area contributed by atoms with Gasteiger partial charge < -0.3 is 4.74 Å². The summed E-state index contributed by atoms with van der Waals surface area (Å²) in [4.78, 5) is 11.3. The Hall–Kier alpha value is -1.80. The van der Waals surface area contributed by atoms with Crippen LogP contribution in [0.3, 0.4) is 0 Å². The lowest BCUT2D eigenvalue weighted by Gasteiger charge is -2.08. The van der Waals surface area contributed by atoms with Gasteiger partial charge in [0.05, 0.1) is 12.3 Å². The van der Waals surface area contributed by atoms with E-state index in [1.807, 2.05) is 0 Å². The van der Waals surface area contributed by atoms with Crippen molar-refractivity contribution in [3.05, 3.63) is 23.4 Å². The van der Waals surface area contributed by atoms with Crippen molar-refractivity contribution >= 4 is 22.7 Å². The lowest BCUT2D eigenvalue weighted by atomic mass is 10.2. The van der Waals surface area contributed by atoms with Crippen LogP contribution < -0.4 is 5.43 Å². The SMILES string of the molecule is CCOC(=O)/C(C#N)=C1\C=CC(Cl)=NN1. The molecule has 0 bridgehead atoms. The zero-order valence-electron chi connectivity index (χ0n) is 7.95. The Bertz CT molecular complexity index is 404. The minimum atomic E-state index is -0.680. The predicted octanol–water partition coefficient (Wildman–Crippen LogP) is 1.04. The minimum absolute atomic E-state index is 0.124. The van der Waals surface area contributed by atoms with Crippen LogP contribution in [-0.4, -0.2) is 17.7 Å². The van der Waals surface area contributed by atoms with Crippen LogP contribution in [0, 0.1) is 11.3 Å². The summed E-state index contributed by atoms with van der Waals surface area (Å²) >= 11 is 5.55. The van der Waals surface area contributed by atoms with E-state index in [0.29, 0.717) is 0 Å². The number of nitriles is 1. The van der Waals surface area contributed by atoms with E-state index in [0.717, 1.165) is 0 Å². The number of carbonyl (C=O) groups excluding carboxylic acids is 1. The van der Waals surface area contributed by atoms with Gasteiger partial charge in [0.15, 0.2) is 5.57 Å². The molecule has 1 rings (SSSR count). The normalized spacial score (nSPS) is 17.3. The first-order valence-corrected chi connectivity index (χ1v) is 4.55. The maximum absolute atomic E-state index is 11.3. The Morgan fingerprint density at radius 2 is 2.47 bits per heavy atom. The molecular weight excluding hydrogens is 218 g/mol. The fourth-order valence-corrected chi connectivity index (χ4v) is 1.00. The van der Waals surface area contributed by atoms with Crippen LogP contribution in [0.2, 0.25) is 0 Å². The van der Waals surface area contributed by atoms with Gasteiger partial charge in [-0.05, 0) is 19.1 Å². The predicted molar refractivity (Wildman–Crippen MR) is 54.8 cm³/mol. The van der Waals surface area contributed by atoms with Gasteiger partial charge in [0.25, 0.3) is 0 Å². The van der Waals surface area contributed by atoms with Crippen LogP contribution >= 0.6 is 11.6 Å². The van der Waals surface area contributed by atoms with Gasteiger partial charge in [0.2, 0.25) is 0 Å². The minimum Gasteiger partial charge on any atom is -0.462 e. The maximum atomic E-state index is 11.3. The van der Waals surface area contributed by atoms with Crippen molar-refractivity contribution in [1.29, 1.82) is 5.26 Å². The maximum Gasteiger partial charge on any atom is 0.351 e. The van der Waals surface area contributed by atoms with Crippen molar-refractivity contribution in [2.45, 2.75) is 6.92 Å². The van der Waals surface area contributed by atoms with Crippen molar-refractivity contribution in [3.8, 4) is 6.07 Å². The molecule has 6 heteroatoms. The molecule has 0 saturated heterocycles. The molecule has 1 aliphatic heterocycles. The van der Waals surface area contributed by atoms with E-state index in [9.17, 15) is 4.79 Å². The lowest BCUT2D eigenvalue weighted by molar-refractivity contribution is -0.138. The number of nitrogens with one attached hydrogen (secondary N) is 1. The standard InChI is InChI=1S/C9H8ClN3O2/c1-2-15-9(14)6(5-11)7-3-4-8(10)13-12-7/h3-4,12H,2H2,1H3/b7-6+. The van der Waals surface area contributed by atoms with E-state index >= 15 is 0 Å². The molecule has 0 amide bonds. The molecule has 0 radical (unpaired) electrons. The molecule has 1 aliphatic rings. The third-order valence-electron chi connectivity index (χ3n) is 1.53. The Morgan fingerprint density at radius 3 is 2.93 bits per heavy atom. The monoisotopic (exact) mass is 225 g/mol. The summed E-state index contributed by atoms with van der Waals surface area (Å²) in [6, 6.07) is 1.75. The molecule has 1 N–H and O–H groups in total. The van der Waals surface area contributed by atoms with Crippen LogP contribution in [0.5, 0.6) is 0 Å². The van der Waals surface area contributed by atoms with E-state index in [2.05, 4.69) is 10.5 Å². The summed E-state index contributed by atoms with van der Waals surface area (Å²) in [7, 11) is 0. The number of carbonyl (C=O) groups is 1. The van der Waals surface area contributed by atoms with E-state index < -0.39 is 5.97 Å². The first-order chi connectivity index (χ1) is 7.19. The van der Waals surface area contributed by atoms with Crippen LogP contribution in [0.4, 0.5) is 0 Å². The number of halogens is 1. The molecule has 78 valence electrons. The lowest BCUT2D eigenvalue weighted by Crippen LogP contribution is -2.17. The Morgan fingerprint density at radius 1 is 1.73 bits per heavy atom. The van der Waals surface area contributed by atoms with Gasteiger partial charge in [0, 0.05) is 0 Å². The summed E-state index contributed by atoms with van der Waals surface area (Å²) in [5.41, 5.74) is 2.64. The van der Waals surface area contributed by atoms with Crippen LogP contribution in [0.1, 0.15) is 6.92 Å². The highest BCUT2D eigenvalue weighted by Crippen LogP contribution is 2.09. The zero-order chi connectivity index (χ0) is 11.3. The number of hydrazone groups is 1. The van der Waals surface area contributed by atoms with Gasteiger partial charge in [-0.25, -0.2) is 4.79 Å². The molecule has 1 heterocycles. The van der Waals surface area contributed by atoms with Gasteiger partial charge in [-0.3, -0.25) is 5.43 Å². The zero-order valence-corrected chi connectivity index (χ0v) is 8.71. The Labute approximate surface area is 91.7 Å². The number of esters is 1. The molecule has 0 aromatic heterocycles. The average Bonchev–Trinajstić information content (AvgIpc) is 2.22. The molecule has 0 fully saturated rings. The van der Waals surface area contributed by atoms with Crippen molar-refractivity contribution in [2.24, 2.45) is 5.10 Å². The molecule has 5 nitrogen and oxygen atoms in total. The van der Waals surface area contributed by atoms with Crippen molar-refractivity contribution in [2.75, 3.05) is 6.61 Å². The highest BCUT2D eigenvalue weighted by molar-refractivity contribution is 6.68. The fourth-order valence-electron chi connectivity index (χ4n) is 0.899. The van der Waals surface area contributed by atoms with Gasteiger partial charge in [0.1, 0.15) is 11.2 Å². The fraction of sp³-hybridized carbons (Fsp3) is 0.222. The second-order valence-corrected chi connectivity index (χ2v) is 2.89. The Kier molecular flexibility index (Phi) is 3.89. The highest BCUT2D eigenvalue weighted by atomic mass is 35.5. The second kappa shape index (κ2) is 5.17. The van der Waals surface area contributed by atoms with E-state index in [1.54, 1.807) is 13.0 Å². The van der Waals surface area contributed by atoms with Crippen LogP contribution in [0.15, 0.2) is 28.5 Å². The second-order valence-electron chi connectivity index (χ2n) is 2.50. The van der Waals surface area contributed by atoms with Crippen molar-refractivity contribution in [3.63, 3.8) is 0 Å². The number of rotatable bonds is 2. The molecule has 0 spiro atoms. The average molecular weight is 226 g/mol. The molecule has 0 atom stereocenters. The van der Waals surface area contributed by atoms with Crippen LogP contribution in [-0.2, 0) is 9.53 Å². The van der Waals surface area contributed by atoms with Gasteiger partial charge in [-0.15, -0.1) is 0 Å². The highest BCUT2D eigenvalue weighted by Gasteiger charge is 2.16. The summed E-state index contributed by atoms with van der Waals surface area (Å²) in [5.74, 6) is -0.680. The summed E-state index contributed by atoms with van der Waals surface area (Å²) < 4.78 is 4.70. The number of ether oxygens (including phenoxy) is 1. The Balaban J connectivity index is 2.93. The van der Waals surface area contributed by atoms with Gasteiger partial charge in [-0.1, -0.05) is 11.6 Å². The first-order valence-electron chi connectivity index (χ1n) is 4.17. The van der Waals surface area contributed by atoms with E-state index in [-0.39, 0.29) is 23.0 Å². The molecule has 0 unspecified atom stereocenters. The third kappa shape index (κ3) is 2.82. The summed E-state index contributed by atoms with van der Waals surface area (Å²) in [6.07, 6.45) is 2.97. The topological polar surface area (TPSA) is 74.5 Å². The first kappa shape index (κ1) is 11.3. The molecule has 0 aromatic rings. The van der Waals surface area contributed by atoms with Crippen molar-refractivity contribution in [1.82, 2.24) is 5.43 Å². The number of nitrogens with zero attached hydrogens (tertiary/aromatic N) is 2. The largest absolute Gasteiger partial charge is 0.462 e. The van der Waals surface area contributed by atoms with E-state index in [4.69, 9.17) is 21.6 Å². The smallest absolute Gasteiger partial charge is 0.351 e. The molecule has 0 aliphatic carbocycles. The van der Waals surface area contributed by atoms with Gasteiger partial charge in [-0.2, -0.15) is 10.4 Å². The quantitative estimate of drug-likeness (QED) is 0.433. The molecular formula is C9H8ClN3O2. The number of allylic oxidation sites excluding steroid dienone is 2. The molecule has 0 saturated carbocycles. The number of hydrogen-bond acceptors (Lipinski definition) is 5. The van der Waals surface area contributed by atoms with E-state index in [1.165, 1.54) is 12.2 Å². The summed E-state index contributed by atoms with van der Waals surface area (Å²) in [6.45, 7) is 1.88. The summed E-state index contributed by atoms with van der Waals surface area (Å²) in [5, 5.41) is 12.7. The molecule has 15 heavy (non-hydrogen) atoms. The third-order valence-corrected chi connectivity index (χ3v) is 1.74. The number of hydrogen-bond donors (Lipinski definition) is 1.